The Morgan fingerprint density at radius 3 is 2.53 bits per heavy atom. The van der Waals surface area contributed by atoms with Crippen molar-refractivity contribution in [3.8, 4) is 11.4 Å². The van der Waals surface area contributed by atoms with Gasteiger partial charge in [0, 0.05) is 12.1 Å². The van der Waals surface area contributed by atoms with E-state index in [1.807, 2.05) is 48.5 Å². The highest BCUT2D eigenvalue weighted by Gasteiger charge is 2.26. The zero-order valence-corrected chi connectivity index (χ0v) is 17.7. The first-order valence-electron chi connectivity index (χ1n) is 10.1. The summed E-state index contributed by atoms with van der Waals surface area (Å²) >= 11 is 6.42. The minimum absolute atomic E-state index is 0.108. The number of aromatic nitrogens is 2. The number of halogens is 1. The number of ether oxygens (including phenoxy) is 1. The van der Waals surface area contributed by atoms with Crippen molar-refractivity contribution in [2.24, 2.45) is 0 Å². The van der Waals surface area contributed by atoms with Gasteiger partial charge < -0.3 is 10.1 Å². The van der Waals surface area contributed by atoms with Gasteiger partial charge in [-0.3, -0.25) is 9.69 Å². The largest absolute Gasteiger partial charge is 0.496 e. The second-order valence-electron chi connectivity index (χ2n) is 7.31. The molecule has 6 nitrogen and oxygen atoms in total. The molecule has 4 rings (SSSR count). The van der Waals surface area contributed by atoms with Crippen LogP contribution in [-0.2, 0) is 0 Å². The summed E-state index contributed by atoms with van der Waals surface area (Å²) in [6, 6.07) is 17.4. The van der Waals surface area contributed by atoms with Gasteiger partial charge in [-0.25, -0.2) is 0 Å². The molecule has 1 aliphatic heterocycles. The Bertz CT molecular complexity index is 1050. The number of methoxy groups -OCH3 is 1. The molecule has 1 aromatic heterocycles. The Labute approximate surface area is 181 Å². The molecule has 0 bridgehead atoms. The van der Waals surface area contributed by atoms with Crippen LogP contribution in [0.3, 0.4) is 0 Å². The Kier molecular flexibility index (Phi) is 6.35. The van der Waals surface area contributed by atoms with Crippen LogP contribution in [0.4, 0.5) is 5.69 Å². The van der Waals surface area contributed by atoms with Gasteiger partial charge in [0.05, 0.1) is 30.7 Å². The molecule has 0 aliphatic carbocycles. The molecule has 1 unspecified atom stereocenters. The zero-order chi connectivity index (χ0) is 20.9. The molecule has 1 saturated heterocycles. The summed E-state index contributed by atoms with van der Waals surface area (Å²) in [6.45, 7) is 2.66. The first kappa shape index (κ1) is 20.4. The maximum Gasteiger partial charge on any atom is 0.292 e. The van der Waals surface area contributed by atoms with Crippen LogP contribution in [0.2, 0.25) is 5.02 Å². The number of likely N-dealkylation sites (tertiary alicyclic amines) is 1. The van der Waals surface area contributed by atoms with E-state index in [0.717, 1.165) is 24.4 Å². The molecule has 0 saturated carbocycles. The maximum absolute atomic E-state index is 12.8. The van der Waals surface area contributed by atoms with Gasteiger partial charge in [-0.1, -0.05) is 48.0 Å². The van der Waals surface area contributed by atoms with Crippen LogP contribution in [0, 0.1) is 0 Å². The van der Waals surface area contributed by atoms with E-state index in [4.69, 9.17) is 16.3 Å². The Morgan fingerprint density at radius 1 is 1.10 bits per heavy atom. The third kappa shape index (κ3) is 4.20. The van der Waals surface area contributed by atoms with E-state index in [9.17, 15) is 4.79 Å². The predicted molar refractivity (Wildman–Crippen MR) is 120 cm³/mol. The Balaban J connectivity index is 1.59. The fourth-order valence-corrected chi connectivity index (χ4v) is 4.14. The van der Waals surface area contributed by atoms with Crippen molar-refractivity contribution in [2.45, 2.75) is 18.9 Å². The molecule has 3 aromatic rings. The van der Waals surface area contributed by atoms with Crippen LogP contribution in [0.1, 0.15) is 24.4 Å². The normalized spacial score (nSPS) is 15.1. The lowest BCUT2D eigenvalue weighted by Gasteiger charge is -2.29. The summed E-state index contributed by atoms with van der Waals surface area (Å²) in [7, 11) is 1.69. The lowest BCUT2D eigenvalue weighted by molar-refractivity contribution is 0.249. The van der Waals surface area contributed by atoms with Crippen LogP contribution in [0.5, 0.6) is 5.75 Å². The van der Waals surface area contributed by atoms with Gasteiger partial charge in [-0.15, -0.1) is 0 Å². The van der Waals surface area contributed by atoms with E-state index in [2.05, 4.69) is 21.4 Å². The summed E-state index contributed by atoms with van der Waals surface area (Å²) in [5, 5.41) is 7.80. The predicted octanol–water partition coefficient (Wildman–Crippen LogP) is 4.14. The third-order valence-electron chi connectivity index (χ3n) is 5.48. The summed E-state index contributed by atoms with van der Waals surface area (Å²) in [5.41, 5.74) is 1.99. The Morgan fingerprint density at radius 2 is 1.80 bits per heavy atom. The number of hydrogen-bond donors (Lipinski definition) is 1. The lowest BCUT2D eigenvalue weighted by atomic mass is 10.0. The van der Waals surface area contributed by atoms with E-state index >= 15 is 0 Å². The van der Waals surface area contributed by atoms with Crippen molar-refractivity contribution in [1.29, 1.82) is 0 Å². The number of rotatable bonds is 7. The van der Waals surface area contributed by atoms with Crippen molar-refractivity contribution in [3.63, 3.8) is 0 Å². The van der Waals surface area contributed by atoms with E-state index < -0.39 is 0 Å². The minimum Gasteiger partial charge on any atom is -0.496 e. The molecule has 30 heavy (non-hydrogen) atoms. The van der Waals surface area contributed by atoms with E-state index in [1.54, 1.807) is 13.3 Å². The van der Waals surface area contributed by atoms with Crippen molar-refractivity contribution >= 4 is 17.3 Å². The summed E-state index contributed by atoms with van der Waals surface area (Å²) < 4.78 is 6.91. The molecular formula is C23H25ClN4O2. The monoisotopic (exact) mass is 424 g/mol. The van der Waals surface area contributed by atoms with Gasteiger partial charge in [0.25, 0.3) is 5.56 Å². The minimum atomic E-state index is -0.345. The topological polar surface area (TPSA) is 59.4 Å². The van der Waals surface area contributed by atoms with Gasteiger partial charge in [-0.2, -0.15) is 9.78 Å². The summed E-state index contributed by atoms with van der Waals surface area (Å²) in [4.78, 5) is 15.2. The van der Waals surface area contributed by atoms with Gasteiger partial charge >= 0.3 is 0 Å². The highest BCUT2D eigenvalue weighted by atomic mass is 35.5. The van der Waals surface area contributed by atoms with Gasteiger partial charge in [-0.05, 0) is 44.1 Å². The van der Waals surface area contributed by atoms with Crippen molar-refractivity contribution in [3.05, 3.63) is 81.7 Å². The SMILES string of the molecule is COc1ccccc1C(CNc1cnn(-c2ccccc2)c(=O)c1Cl)N1CCCC1. The molecule has 0 radical (unpaired) electrons. The molecule has 156 valence electrons. The van der Waals surface area contributed by atoms with Gasteiger partial charge in [0.15, 0.2) is 0 Å². The average Bonchev–Trinajstić information content (AvgIpc) is 3.32. The number of benzene rings is 2. The van der Waals surface area contributed by atoms with Crippen LogP contribution >= 0.6 is 11.6 Å². The number of nitrogens with one attached hydrogen (secondary N) is 1. The van der Waals surface area contributed by atoms with Crippen LogP contribution < -0.4 is 15.6 Å². The summed E-state index contributed by atoms with van der Waals surface area (Å²) in [5.74, 6) is 0.861. The molecular weight excluding hydrogens is 400 g/mol. The molecule has 7 heteroatoms. The highest BCUT2D eigenvalue weighted by Crippen LogP contribution is 2.32. The molecule has 2 heterocycles. The lowest BCUT2D eigenvalue weighted by Crippen LogP contribution is -2.32. The van der Waals surface area contributed by atoms with Gasteiger partial charge in [0.2, 0.25) is 0 Å². The first-order chi connectivity index (χ1) is 14.7. The summed E-state index contributed by atoms with van der Waals surface area (Å²) in [6.07, 6.45) is 3.97. The first-order valence-corrected chi connectivity index (χ1v) is 10.5. The highest BCUT2D eigenvalue weighted by molar-refractivity contribution is 6.32. The van der Waals surface area contributed by atoms with Crippen LogP contribution in [0.25, 0.3) is 5.69 Å². The molecule has 0 spiro atoms. The van der Waals surface area contributed by atoms with Crippen LogP contribution in [-0.4, -0.2) is 41.4 Å². The second kappa shape index (κ2) is 9.32. The molecule has 2 aromatic carbocycles. The molecule has 0 amide bonds. The third-order valence-corrected chi connectivity index (χ3v) is 5.85. The van der Waals surface area contributed by atoms with Crippen LogP contribution in [0.15, 0.2) is 65.6 Å². The fraction of sp³-hybridized carbons (Fsp3) is 0.304. The average molecular weight is 425 g/mol. The molecule has 1 aliphatic rings. The molecule has 1 atom stereocenters. The van der Waals surface area contributed by atoms with E-state index in [-0.39, 0.29) is 16.6 Å². The number of anilines is 1. The van der Waals surface area contributed by atoms with Crippen molar-refractivity contribution in [2.75, 3.05) is 32.1 Å². The number of nitrogens with zero attached hydrogens (tertiary/aromatic N) is 3. The fourth-order valence-electron chi connectivity index (χ4n) is 3.95. The zero-order valence-electron chi connectivity index (χ0n) is 16.9. The standard InChI is InChI=1S/C23H25ClN4O2/c1-30-21-12-6-5-11-18(21)20(27-13-7-8-14-27)16-25-19-15-26-28(23(29)22(19)24)17-9-3-2-4-10-17/h2-6,9-12,15,20,25H,7-8,13-14,16H2,1H3. The maximum atomic E-state index is 12.8. The Hall–Kier alpha value is -2.83. The van der Waals surface area contributed by atoms with E-state index in [1.165, 1.54) is 17.5 Å². The number of hydrogen-bond acceptors (Lipinski definition) is 5. The molecule has 1 fully saturated rings. The quantitative estimate of drug-likeness (QED) is 0.617. The van der Waals surface area contributed by atoms with Crippen molar-refractivity contribution in [1.82, 2.24) is 14.7 Å². The second-order valence-corrected chi connectivity index (χ2v) is 7.68. The number of para-hydroxylation sites is 2. The van der Waals surface area contributed by atoms with E-state index in [0.29, 0.717) is 17.9 Å². The van der Waals surface area contributed by atoms with Gasteiger partial charge in [0.1, 0.15) is 10.8 Å². The smallest absolute Gasteiger partial charge is 0.292 e. The molecule has 1 N–H and O–H groups in total. The van der Waals surface area contributed by atoms with Crippen molar-refractivity contribution < 1.29 is 4.74 Å².